The predicted octanol–water partition coefficient (Wildman–Crippen LogP) is 3.67. The molecule has 11 nitrogen and oxygen atoms in total. The first-order chi connectivity index (χ1) is 19.3. The maximum atomic E-state index is 13.9. The van der Waals surface area contributed by atoms with Crippen LogP contribution in [0.5, 0.6) is 5.75 Å². The first-order valence-corrected chi connectivity index (χ1v) is 14.4. The average Bonchev–Trinajstić information content (AvgIpc) is 3.00. The molecular weight excluding hydrogens is 548 g/mol. The Morgan fingerprint density at radius 1 is 1.07 bits per heavy atom. The Hall–Kier alpha value is -4.58. The lowest BCUT2D eigenvalue weighted by Crippen LogP contribution is -2.51. The summed E-state index contributed by atoms with van der Waals surface area (Å²) in [6.07, 6.45) is -0.918. The molecule has 1 atom stereocenters. The first kappa shape index (κ1) is 29.4. The van der Waals surface area contributed by atoms with Crippen molar-refractivity contribution in [3.63, 3.8) is 0 Å². The molecule has 0 saturated heterocycles. The van der Waals surface area contributed by atoms with Crippen molar-refractivity contribution in [2.75, 3.05) is 17.8 Å². The number of hydrogen-bond donors (Lipinski definition) is 3. The number of nitrogens with two attached hydrogens (primary N) is 1. The van der Waals surface area contributed by atoms with Crippen LogP contribution < -0.4 is 20.7 Å². The lowest BCUT2D eigenvalue weighted by molar-refractivity contribution is -0.120. The molecule has 216 valence electrons. The highest BCUT2D eigenvalue weighted by atomic mass is 32.2. The van der Waals surface area contributed by atoms with Crippen molar-refractivity contribution >= 4 is 33.4 Å². The van der Waals surface area contributed by atoms with Crippen molar-refractivity contribution in [1.29, 1.82) is 0 Å². The number of carbonyl (C=O) groups excluding carboxylic acids is 2. The molecule has 0 saturated carbocycles. The molecule has 41 heavy (non-hydrogen) atoms. The monoisotopic (exact) mass is 580 g/mol. The summed E-state index contributed by atoms with van der Waals surface area (Å²) in [6, 6.07) is 17.6. The van der Waals surface area contributed by atoms with Crippen molar-refractivity contribution < 1.29 is 32.7 Å². The molecule has 3 aromatic carbocycles. The van der Waals surface area contributed by atoms with Crippen molar-refractivity contribution in [2.24, 2.45) is 10.9 Å². The number of alkyl carbamates (subject to hydrolysis) is 1. The van der Waals surface area contributed by atoms with Crippen LogP contribution >= 0.6 is 0 Å². The van der Waals surface area contributed by atoms with Gasteiger partial charge in [-0.1, -0.05) is 41.6 Å². The maximum absolute atomic E-state index is 13.9. The van der Waals surface area contributed by atoms with E-state index >= 15 is 0 Å². The Kier molecular flexibility index (Phi) is 8.24. The number of anilines is 1. The molecule has 0 spiro atoms. The molecule has 4 rings (SSSR count). The van der Waals surface area contributed by atoms with E-state index in [9.17, 15) is 23.2 Å². The summed E-state index contributed by atoms with van der Waals surface area (Å²) in [5.41, 5.74) is 7.77. The fourth-order valence-electron chi connectivity index (χ4n) is 4.38. The first-order valence-electron chi connectivity index (χ1n) is 12.7. The number of methoxy groups -OCH3 is 1. The van der Waals surface area contributed by atoms with Gasteiger partial charge in [0.1, 0.15) is 17.4 Å². The number of sulfone groups is 1. The average molecular weight is 581 g/mol. The largest absolute Gasteiger partial charge is 0.497 e. The van der Waals surface area contributed by atoms with Gasteiger partial charge in [-0.25, -0.2) is 13.2 Å². The van der Waals surface area contributed by atoms with Crippen LogP contribution in [-0.4, -0.2) is 56.0 Å². The minimum Gasteiger partial charge on any atom is -0.497 e. The van der Waals surface area contributed by atoms with Gasteiger partial charge in [0.2, 0.25) is 0 Å². The smallest absolute Gasteiger partial charge is 0.408 e. The van der Waals surface area contributed by atoms with Gasteiger partial charge in [-0.3, -0.25) is 4.79 Å². The molecule has 0 unspecified atom stereocenters. The molecule has 0 aliphatic carbocycles. The van der Waals surface area contributed by atoms with Crippen LogP contribution in [0.15, 0.2) is 76.8 Å². The molecular formula is C29H32N4O7S. The quantitative estimate of drug-likeness (QED) is 0.172. The molecule has 1 heterocycles. The number of nitrogens with one attached hydrogen (secondary N) is 1. The van der Waals surface area contributed by atoms with E-state index in [0.717, 1.165) is 16.9 Å². The Labute approximate surface area is 238 Å². The van der Waals surface area contributed by atoms with E-state index in [1.807, 2.05) is 48.5 Å². The predicted molar refractivity (Wildman–Crippen MR) is 154 cm³/mol. The van der Waals surface area contributed by atoms with Crippen molar-refractivity contribution in [3.05, 3.63) is 77.9 Å². The lowest BCUT2D eigenvalue weighted by atomic mass is 10.0. The summed E-state index contributed by atoms with van der Waals surface area (Å²) in [5.74, 6) is -0.851. The van der Waals surface area contributed by atoms with Gasteiger partial charge in [-0.2, -0.15) is 0 Å². The lowest BCUT2D eigenvalue weighted by Gasteiger charge is -2.27. The molecule has 0 aromatic heterocycles. The highest BCUT2D eigenvalue weighted by molar-refractivity contribution is 7.91. The molecule has 0 radical (unpaired) electrons. The number of amides is 2. The van der Waals surface area contributed by atoms with Gasteiger partial charge >= 0.3 is 6.09 Å². The number of benzene rings is 3. The van der Waals surface area contributed by atoms with Gasteiger partial charge in [-0.15, -0.1) is 0 Å². The van der Waals surface area contributed by atoms with Crippen LogP contribution in [0.3, 0.4) is 0 Å². The van der Waals surface area contributed by atoms with Crippen molar-refractivity contribution in [3.8, 4) is 16.9 Å². The number of fused-ring (bicyclic) bond motifs is 1. The van der Waals surface area contributed by atoms with Gasteiger partial charge in [0.05, 0.1) is 30.0 Å². The van der Waals surface area contributed by atoms with Gasteiger partial charge in [0, 0.05) is 5.56 Å². The molecule has 0 fully saturated rings. The third kappa shape index (κ3) is 6.77. The molecule has 3 aromatic rings. The maximum Gasteiger partial charge on any atom is 0.408 e. The molecule has 12 heteroatoms. The van der Waals surface area contributed by atoms with Crippen molar-refractivity contribution in [2.45, 2.75) is 43.9 Å². The second kappa shape index (κ2) is 11.5. The zero-order chi connectivity index (χ0) is 29.9. The fraction of sp³-hybridized carbons (Fsp3) is 0.276. The van der Waals surface area contributed by atoms with E-state index < -0.39 is 39.2 Å². The summed E-state index contributed by atoms with van der Waals surface area (Å²) in [6.45, 7) is 4.95. The highest BCUT2D eigenvalue weighted by Gasteiger charge is 2.39. The van der Waals surface area contributed by atoms with Gasteiger partial charge in [0.15, 0.2) is 15.7 Å². The molecule has 1 aliphatic rings. The van der Waals surface area contributed by atoms with Crippen LogP contribution in [0.4, 0.5) is 10.5 Å². The summed E-state index contributed by atoms with van der Waals surface area (Å²) in [5, 5.41) is 14.6. The van der Waals surface area contributed by atoms with E-state index in [1.165, 1.54) is 23.1 Å². The Balaban J connectivity index is 1.73. The number of ether oxygens (including phenoxy) is 2. The fourth-order valence-corrected chi connectivity index (χ4v) is 5.99. The summed E-state index contributed by atoms with van der Waals surface area (Å²) >= 11 is 0. The van der Waals surface area contributed by atoms with Crippen LogP contribution in [0.1, 0.15) is 31.9 Å². The Morgan fingerprint density at radius 2 is 1.68 bits per heavy atom. The van der Waals surface area contributed by atoms with E-state index in [0.29, 0.717) is 5.56 Å². The van der Waals surface area contributed by atoms with Crippen LogP contribution in [0.25, 0.3) is 11.1 Å². The van der Waals surface area contributed by atoms with Gasteiger partial charge in [-0.05, 0) is 67.8 Å². The van der Waals surface area contributed by atoms with Crippen molar-refractivity contribution in [1.82, 2.24) is 5.32 Å². The molecule has 4 N–H and O–H groups in total. The SMILES string of the molecule is COc1ccc(-c2ccc(CN3C(=O)[C@@H](NC(=O)OC(C)(C)C)CS(=O)(=O)c4ccc(/C(N)=N/O)cc43)cc2)cc1. The third-order valence-corrected chi connectivity index (χ3v) is 8.13. The molecule has 2 amide bonds. The summed E-state index contributed by atoms with van der Waals surface area (Å²) < 4.78 is 37.3. The Morgan fingerprint density at radius 3 is 2.24 bits per heavy atom. The number of rotatable bonds is 6. The molecule has 1 aliphatic heterocycles. The van der Waals surface area contributed by atoms with E-state index in [2.05, 4.69) is 10.5 Å². The Bertz CT molecular complexity index is 1580. The second-order valence-electron chi connectivity index (χ2n) is 10.5. The van der Waals surface area contributed by atoms with Gasteiger partial charge in [0.25, 0.3) is 5.91 Å². The number of oxime groups is 1. The van der Waals surface area contributed by atoms with E-state index in [-0.39, 0.29) is 28.5 Å². The molecule has 0 bridgehead atoms. The number of hydrogen-bond acceptors (Lipinski definition) is 8. The minimum atomic E-state index is -4.06. The number of amidine groups is 1. The minimum absolute atomic E-state index is 0.0175. The zero-order valence-corrected chi connectivity index (χ0v) is 23.9. The zero-order valence-electron chi connectivity index (χ0n) is 23.1. The van der Waals surface area contributed by atoms with E-state index in [1.54, 1.807) is 27.9 Å². The normalized spacial score (nSPS) is 16.9. The number of nitrogens with zero attached hydrogens (tertiary/aromatic N) is 2. The summed E-state index contributed by atoms with van der Waals surface area (Å²) in [7, 11) is -2.46. The van der Waals surface area contributed by atoms with E-state index in [4.69, 9.17) is 15.2 Å². The second-order valence-corrected chi connectivity index (χ2v) is 12.5. The van der Waals surface area contributed by atoms with Crippen LogP contribution in [-0.2, 0) is 25.9 Å². The summed E-state index contributed by atoms with van der Waals surface area (Å²) in [4.78, 5) is 27.6. The number of carbonyl (C=O) groups is 2. The third-order valence-electron chi connectivity index (χ3n) is 6.35. The van der Waals surface area contributed by atoms with Crippen LogP contribution in [0, 0.1) is 0 Å². The highest BCUT2D eigenvalue weighted by Crippen LogP contribution is 2.33. The topological polar surface area (TPSA) is 161 Å². The van der Waals surface area contributed by atoms with Gasteiger partial charge < -0.3 is 30.6 Å². The van der Waals surface area contributed by atoms with Crippen LogP contribution in [0.2, 0.25) is 0 Å². The standard InChI is InChI=1S/C29H32N4O7S/c1-29(2,3)40-28(35)31-23-17-41(37,38)25-14-11-21(26(30)32-36)15-24(25)33(27(23)34)16-18-5-7-19(8-6-18)20-9-12-22(39-4)13-10-20/h5-15,23,36H,16-17H2,1-4H3,(H2,30,32)(H,31,35)/t23-/m0/s1.